The monoisotopic (exact) mass is 488 g/mol. The number of amides is 4. The Kier molecular flexibility index (Phi) is 7.11. The van der Waals surface area contributed by atoms with Crippen molar-refractivity contribution in [1.82, 2.24) is 15.5 Å². The molecular formula is C23H25ClN4O4S. The first-order valence-corrected chi connectivity index (χ1v) is 12.0. The molecule has 4 amide bonds. The third-order valence-corrected chi connectivity index (χ3v) is 7.10. The fourth-order valence-electron chi connectivity index (χ4n) is 3.92. The number of nitrogens with one attached hydrogen (secondary N) is 3. The van der Waals surface area contributed by atoms with Crippen LogP contribution < -0.4 is 16.0 Å². The lowest BCUT2D eigenvalue weighted by Gasteiger charge is -2.32. The van der Waals surface area contributed by atoms with Gasteiger partial charge >= 0.3 is 6.03 Å². The van der Waals surface area contributed by atoms with Crippen LogP contribution in [0.1, 0.15) is 34.3 Å². The molecule has 0 saturated carbocycles. The molecule has 0 radical (unpaired) electrons. The summed E-state index contributed by atoms with van der Waals surface area (Å²) >= 11 is 7.65. The Morgan fingerprint density at radius 1 is 1.24 bits per heavy atom. The van der Waals surface area contributed by atoms with Crippen molar-refractivity contribution in [2.45, 2.75) is 43.5 Å². The fourth-order valence-corrected chi connectivity index (χ4v) is 4.93. The van der Waals surface area contributed by atoms with Crippen molar-refractivity contribution < 1.29 is 19.5 Å². The summed E-state index contributed by atoms with van der Waals surface area (Å²) in [5.41, 5.74) is 3.06. The summed E-state index contributed by atoms with van der Waals surface area (Å²) in [5.74, 6) is 0.177. The second-order valence-corrected chi connectivity index (χ2v) is 9.64. The molecule has 1 fully saturated rings. The highest BCUT2D eigenvalue weighted by molar-refractivity contribution is 7.99. The smallest absolute Gasteiger partial charge is 0.319 e. The first-order chi connectivity index (χ1) is 15.8. The maximum Gasteiger partial charge on any atom is 0.319 e. The summed E-state index contributed by atoms with van der Waals surface area (Å²) in [5, 5.41) is 18.2. The van der Waals surface area contributed by atoms with Crippen molar-refractivity contribution in [3.8, 4) is 0 Å². The molecule has 2 aliphatic rings. The van der Waals surface area contributed by atoms with Crippen LogP contribution in [0.5, 0.6) is 0 Å². The summed E-state index contributed by atoms with van der Waals surface area (Å²) in [6.07, 6.45) is 0.0219. The SMILES string of the molecule is Cc1ccc(NC(=O)NCCSc2ccc3c(c2)CN(C2CCC(O)NC2=O)C3=O)cc1Cl. The van der Waals surface area contributed by atoms with Crippen LogP contribution in [0.25, 0.3) is 0 Å². The number of hydrogen-bond acceptors (Lipinski definition) is 5. The zero-order valence-corrected chi connectivity index (χ0v) is 19.6. The Labute approximate surface area is 201 Å². The standard InChI is InChI=1S/C23H25ClN4O4S/c1-13-2-3-15(11-18(13)24)26-23(32)25-8-9-33-16-4-5-17-14(10-16)12-28(22(17)31)19-6-7-20(29)27-21(19)30/h2-5,10-11,19-20,29H,6-9,12H2,1H3,(H,27,30)(H2,25,26,32). The molecule has 33 heavy (non-hydrogen) atoms. The molecule has 4 rings (SSSR count). The van der Waals surface area contributed by atoms with Crippen molar-refractivity contribution in [3.05, 3.63) is 58.1 Å². The highest BCUT2D eigenvalue weighted by Gasteiger charge is 2.39. The largest absolute Gasteiger partial charge is 0.374 e. The van der Waals surface area contributed by atoms with Crippen molar-refractivity contribution >= 4 is 46.9 Å². The topological polar surface area (TPSA) is 111 Å². The molecule has 1 saturated heterocycles. The summed E-state index contributed by atoms with van der Waals surface area (Å²) in [6.45, 7) is 2.73. The van der Waals surface area contributed by atoms with Gasteiger partial charge < -0.3 is 26.0 Å². The number of piperidine rings is 1. The summed E-state index contributed by atoms with van der Waals surface area (Å²) < 4.78 is 0. The van der Waals surface area contributed by atoms with Crippen LogP contribution in [0.15, 0.2) is 41.3 Å². The van der Waals surface area contributed by atoms with E-state index in [2.05, 4.69) is 16.0 Å². The van der Waals surface area contributed by atoms with Gasteiger partial charge in [0, 0.05) is 40.0 Å². The number of aliphatic hydroxyl groups excluding tert-OH is 1. The Hall–Kier alpha value is -2.75. The van der Waals surface area contributed by atoms with Gasteiger partial charge in [-0.25, -0.2) is 4.79 Å². The van der Waals surface area contributed by atoms with Gasteiger partial charge in [0.15, 0.2) is 0 Å². The molecule has 0 aromatic heterocycles. The first-order valence-electron chi connectivity index (χ1n) is 10.7. The molecule has 2 aliphatic heterocycles. The number of carbonyl (C=O) groups excluding carboxylic acids is 3. The van der Waals surface area contributed by atoms with Crippen LogP contribution in [-0.2, 0) is 11.3 Å². The predicted octanol–water partition coefficient (Wildman–Crippen LogP) is 3.12. The zero-order chi connectivity index (χ0) is 23.5. The number of urea groups is 1. The van der Waals surface area contributed by atoms with E-state index in [0.717, 1.165) is 16.0 Å². The van der Waals surface area contributed by atoms with Crippen LogP contribution >= 0.6 is 23.4 Å². The Morgan fingerprint density at radius 2 is 2.06 bits per heavy atom. The van der Waals surface area contributed by atoms with Gasteiger partial charge in [-0.15, -0.1) is 11.8 Å². The minimum atomic E-state index is -0.845. The van der Waals surface area contributed by atoms with E-state index >= 15 is 0 Å². The van der Waals surface area contributed by atoms with E-state index < -0.39 is 12.3 Å². The maximum absolute atomic E-state index is 12.8. The van der Waals surface area contributed by atoms with Crippen LogP contribution in [0.3, 0.4) is 0 Å². The van der Waals surface area contributed by atoms with Crippen LogP contribution in [0.2, 0.25) is 5.02 Å². The number of carbonyl (C=O) groups is 3. The van der Waals surface area contributed by atoms with Crippen LogP contribution in [0, 0.1) is 6.92 Å². The number of nitrogens with zero attached hydrogens (tertiary/aromatic N) is 1. The van der Waals surface area contributed by atoms with Gasteiger partial charge in [-0.3, -0.25) is 9.59 Å². The third kappa shape index (κ3) is 5.43. The van der Waals surface area contributed by atoms with Gasteiger partial charge in [0.25, 0.3) is 5.91 Å². The van der Waals surface area contributed by atoms with E-state index in [0.29, 0.717) is 48.0 Å². The molecule has 2 heterocycles. The molecule has 2 aromatic carbocycles. The van der Waals surface area contributed by atoms with Crippen molar-refractivity contribution in [3.63, 3.8) is 0 Å². The van der Waals surface area contributed by atoms with Gasteiger partial charge in [0.05, 0.1) is 0 Å². The summed E-state index contributed by atoms with van der Waals surface area (Å²) in [4.78, 5) is 39.6. The fraction of sp³-hybridized carbons (Fsp3) is 0.348. The minimum Gasteiger partial charge on any atom is -0.374 e. The zero-order valence-electron chi connectivity index (χ0n) is 18.1. The Bertz CT molecular complexity index is 1100. The van der Waals surface area contributed by atoms with Crippen molar-refractivity contribution in [2.24, 2.45) is 0 Å². The normalized spacial score (nSPS) is 19.8. The van der Waals surface area contributed by atoms with E-state index in [4.69, 9.17) is 11.6 Å². The van der Waals surface area contributed by atoms with Gasteiger partial charge in [-0.05, 0) is 61.2 Å². The number of anilines is 1. The number of thioether (sulfide) groups is 1. The van der Waals surface area contributed by atoms with E-state index in [9.17, 15) is 19.5 Å². The van der Waals surface area contributed by atoms with Crippen LogP contribution in [-0.4, -0.2) is 52.4 Å². The molecule has 0 spiro atoms. The van der Waals surface area contributed by atoms with E-state index in [1.807, 2.05) is 25.1 Å². The minimum absolute atomic E-state index is 0.160. The number of halogens is 1. The summed E-state index contributed by atoms with van der Waals surface area (Å²) in [6, 6.07) is 10.1. The van der Waals surface area contributed by atoms with Gasteiger partial charge in [0.2, 0.25) is 5.91 Å². The molecule has 2 aromatic rings. The quantitative estimate of drug-likeness (QED) is 0.369. The molecule has 10 heteroatoms. The van der Waals surface area contributed by atoms with Gasteiger partial charge in [-0.1, -0.05) is 17.7 Å². The molecule has 2 unspecified atom stereocenters. The Morgan fingerprint density at radius 3 is 2.82 bits per heavy atom. The van der Waals surface area contributed by atoms with E-state index in [1.165, 1.54) is 0 Å². The van der Waals surface area contributed by atoms with Gasteiger partial charge in [0.1, 0.15) is 12.3 Å². The molecule has 2 atom stereocenters. The molecule has 8 nitrogen and oxygen atoms in total. The second kappa shape index (κ2) is 10.0. The van der Waals surface area contributed by atoms with Crippen LogP contribution in [0.4, 0.5) is 10.5 Å². The number of benzene rings is 2. The van der Waals surface area contributed by atoms with Crippen molar-refractivity contribution in [2.75, 3.05) is 17.6 Å². The van der Waals surface area contributed by atoms with Crippen molar-refractivity contribution in [1.29, 1.82) is 0 Å². The lowest BCUT2D eigenvalue weighted by molar-refractivity contribution is -0.132. The maximum atomic E-state index is 12.8. The number of hydrogen-bond donors (Lipinski definition) is 4. The molecule has 174 valence electrons. The third-order valence-electron chi connectivity index (χ3n) is 5.70. The first kappa shape index (κ1) is 23.4. The number of aliphatic hydroxyl groups is 1. The highest BCUT2D eigenvalue weighted by Crippen LogP contribution is 2.31. The lowest BCUT2D eigenvalue weighted by atomic mass is 10.0. The Balaban J connectivity index is 1.26. The number of fused-ring (bicyclic) bond motifs is 1. The molecule has 0 bridgehead atoms. The predicted molar refractivity (Wildman–Crippen MR) is 127 cm³/mol. The molecule has 0 aliphatic carbocycles. The molecule has 4 N–H and O–H groups in total. The van der Waals surface area contributed by atoms with Gasteiger partial charge in [-0.2, -0.15) is 0 Å². The second-order valence-electron chi connectivity index (χ2n) is 8.06. The number of rotatable bonds is 6. The molecular weight excluding hydrogens is 464 g/mol. The highest BCUT2D eigenvalue weighted by atomic mass is 35.5. The van der Waals surface area contributed by atoms with E-state index in [-0.39, 0.29) is 17.8 Å². The van der Waals surface area contributed by atoms with E-state index in [1.54, 1.807) is 34.9 Å². The average molecular weight is 489 g/mol. The lowest BCUT2D eigenvalue weighted by Crippen LogP contribution is -2.54. The average Bonchev–Trinajstić information content (AvgIpc) is 3.09. The number of aryl methyl sites for hydroxylation is 1. The summed E-state index contributed by atoms with van der Waals surface area (Å²) in [7, 11) is 0.